The van der Waals surface area contributed by atoms with Crippen LogP contribution in [0.3, 0.4) is 0 Å². The van der Waals surface area contributed by atoms with Crippen molar-refractivity contribution in [1.29, 1.82) is 0 Å². The van der Waals surface area contributed by atoms with E-state index >= 15 is 0 Å². The van der Waals surface area contributed by atoms with Crippen molar-refractivity contribution >= 4 is 29.0 Å². The zero-order valence-electron chi connectivity index (χ0n) is 26.4. The number of aryl methyl sites for hydroxylation is 1. The highest BCUT2D eigenvalue weighted by Crippen LogP contribution is 2.30. The van der Waals surface area contributed by atoms with E-state index in [0.29, 0.717) is 41.4 Å². The zero-order valence-corrected chi connectivity index (χ0v) is 26.4. The molecule has 8 nitrogen and oxygen atoms in total. The number of hydrogen-bond donors (Lipinski definition) is 2. The van der Waals surface area contributed by atoms with Crippen LogP contribution < -0.4 is 16.2 Å². The molecule has 2 N–H and O–H groups in total. The van der Waals surface area contributed by atoms with Gasteiger partial charge in [0.2, 0.25) is 0 Å². The number of nitrogens with zero attached hydrogens (tertiary/aromatic N) is 3. The van der Waals surface area contributed by atoms with Gasteiger partial charge in [-0.05, 0) is 71.8 Å². The molecule has 8 heteroatoms. The largest absolute Gasteiger partial charge is 0.336 e. The lowest BCUT2D eigenvalue weighted by Gasteiger charge is -2.20. The second-order valence-corrected chi connectivity index (χ2v) is 11.9. The number of anilines is 3. The smallest absolute Gasteiger partial charge is 0.274 e. The molecule has 0 aliphatic carbocycles. The Kier molecular flexibility index (Phi) is 9.83. The van der Waals surface area contributed by atoms with Gasteiger partial charge in [-0.2, -0.15) is 0 Å². The maximum Gasteiger partial charge on any atom is 0.274 e. The minimum Gasteiger partial charge on any atom is -0.336 e. The van der Waals surface area contributed by atoms with Crippen molar-refractivity contribution in [3.05, 3.63) is 118 Å². The van der Waals surface area contributed by atoms with E-state index in [9.17, 15) is 14.4 Å². The number of carbonyl (C=O) groups is 2. The van der Waals surface area contributed by atoms with Gasteiger partial charge in [-0.1, -0.05) is 58.0 Å². The summed E-state index contributed by atoms with van der Waals surface area (Å²) in [6.45, 7) is 15.2. The Hall–Kier alpha value is -4.98. The summed E-state index contributed by atoms with van der Waals surface area (Å²) < 4.78 is 1.51. The molecule has 0 radical (unpaired) electrons. The van der Waals surface area contributed by atoms with Crippen LogP contribution in [0.25, 0.3) is 11.1 Å². The SMILES string of the molecule is C=CCN(CCC)C(=O)c1ccc(Nc2cc(-c3cccc(NC(=O)c4ccc(C(C)(C)C)cc4)c3C)cn(C)c2=O)nc1. The van der Waals surface area contributed by atoms with Crippen molar-refractivity contribution in [2.45, 2.75) is 46.5 Å². The lowest BCUT2D eigenvalue weighted by Crippen LogP contribution is -2.31. The first kappa shape index (κ1) is 31.9. The molecule has 4 rings (SSSR count). The minimum atomic E-state index is -0.225. The number of benzene rings is 2. The Bertz CT molecular complexity index is 1720. The number of nitrogens with one attached hydrogen (secondary N) is 2. The third-order valence-electron chi connectivity index (χ3n) is 7.49. The van der Waals surface area contributed by atoms with E-state index in [1.54, 1.807) is 42.4 Å². The van der Waals surface area contributed by atoms with Gasteiger partial charge >= 0.3 is 0 Å². The number of aromatic nitrogens is 2. The van der Waals surface area contributed by atoms with Gasteiger partial charge in [0.15, 0.2) is 0 Å². The lowest BCUT2D eigenvalue weighted by atomic mass is 9.86. The van der Waals surface area contributed by atoms with Crippen molar-refractivity contribution in [1.82, 2.24) is 14.5 Å². The summed E-state index contributed by atoms with van der Waals surface area (Å²) in [5, 5.41) is 6.16. The van der Waals surface area contributed by atoms with Crippen molar-refractivity contribution in [3.63, 3.8) is 0 Å². The lowest BCUT2D eigenvalue weighted by molar-refractivity contribution is 0.0773. The van der Waals surface area contributed by atoms with Crippen LogP contribution in [0.15, 0.2) is 90.5 Å². The highest BCUT2D eigenvalue weighted by Gasteiger charge is 2.17. The van der Waals surface area contributed by atoms with E-state index in [2.05, 4.69) is 43.0 Å². The number of hydrogen-bond acceptors (Lipinski definition) is 5. The summed E-state index contributed by atoms with van der Waals surface area (Å²) in [4.78, 5) is 45.2. The highest BCUT2D eigenvalue weighted by molar-refractivity contribution is 6.05. The molecule has 0 atom stereocenters. The monoisotopic (exact) mass is 591 g/mol. The van der Waals surface area contributed by atoms with Crippen molar-refractivity contribution in [2.24, 2.45) is 7.05 Å². The summed E-state index contributed by atoms with van der Waals surface area (Å²) in [5.41, 5.74) is 5.54. The van der Waals surface area contributed by atoms with E-state index in [-0.39, 0.29) is 22.8 Å². The average molecular weight is 592 g/mol. The molecule has 2 heterocycles. The van der Waals surface area contributed by atoms with Crippen molar-refractivity contribution < 1.29 is 9.59 Å². The van der Waals surface area contributed by atoms with Crippen molar-refractivity contribution in [3.8, 4) is 11.1 Å². The van der Waals surface area contributed by atoms with Gasteiger partial charge in [0.05, 0.1) is 5.56 Å². The van der Waals surface area contributed by atoms with Crippen LogP contribution in [-0.4, -0.2) is 39.4 Å². The molecular formula is C36H41N5O3. The predicted molar refractivity (Wildman–Crippen MR) is 179 cm³/mol. The Balaban J connectivity index is 1.57. The van der Waals surface area contributed by atoms with E-state index in [1.165, 1.54) is 10.8 Å². The Morgan fingerprint density at radius 3 is 2.34 bits per heavy atom. The number of carbonyl (C=O) groups excluding carboxylic acids is 2. The van der Waals surface area contributed by atoms with Crippen LogP contribution in [0, 0.1) is 6.92 Å². The van der Waals surface area contributed by atoms with E-state index < -0.39 is 0 Å². The minimum absolute atomic E-state index is 0.00347. The van der Waals surface area contributed by atoms with Gasteiger partial charge in [-0.25, -0.2) is 4.98 Å². The van der Waals surface area contributed by atoms with Crippen LogP contribution in [0.5, 0.6) is 0 Å². The first-order chi connectivity index (χ1) is 20.9. The van der Waals surface area contributed by atoms with E-state index in [1.807, 2.05) is 56.3 Å². The first-order valence-electron chi connectivity index (χ1n) is 14.8. The molecule has 4 aromatic rings. The standard InChI is InChI=1S/C36H41N5O3/c1-8-19-41(20-9-2)34(43)26-15-18-32(37-22-26)38-31-21-27(23-40(7)35(31)44)29-11-10-12-30(24(29)3)39-33(42)25-13-16-28(17-14-25)36(4,5)6/h8,10-18,21-23H,1,9,19-20H2,2-7H3,(H,37,38)(H,39,42). The van der Waals surface area contributed by atoms with Gasteiger partial charge in [0.25, 0.3) is 17.4 Å². The first-order valence-corrected chi connectivity index (χ1v) is 14.8. The fourth-order valence-electron chi connectivity index (χ4n) is 4.96. The number of pyridine rings is 2. The topological polar surface area (TPSA) is 96.3 Å². The van der Waals surface area contributed by atoms with Crippen LogP contribution in [0.4, 0.5) is 17.2 Å². The summed E-state index contributed by atoms with van der Waals surface area (Å²) in [6, 6.07) is 18.5. The summed E-state index contributed by atoms with van der Waals surface area (Å²) in [5.74, 6) is 0.133. The summed E-state index contributed by atoms with van der Waals surface area (Å²) in [6.07, 6.45) is 5.82. The molecule has 228 valence electrons. The van der Waals surface area contributed by atoms with Crippen LogP contribution in [0.2, 0.25) is 0 Å². The molecule has 2 aromatic heterocycles. The van der Waals surface area contributed by atoms with Gasteiger partial charge in [0, 0.05) is 49.3 Å². The number of amides is 2. The summed E-state index contributed by atoms with van der Waals surface area (Å²) in [7, 11) is 1.69. The molecule has 0 aliphatic rings. The van der Waals surface area contributed by atoms with Crippen LogP contribution >= 0.6 is 0 Å². The predicted octanol–water partition coefficient (Wildman–Crippen LogP) is 7.09. The molecule has 0 fully saturated rings. The molecular weight excluding hydrogens is 550 g/mol. The van der Waals surface area contributed by atoms with Crippen LogP contribution in [0.1, 0.15) is 66.0 Å². The Morgan fingerprint density at radius 2 is 1.73 bits per heavy atom. The van der Waals surface area contributed by atoms with Gasteiger partial charge in [-0.15, -0.1) is 6.58 Å². The van der Waals surface area contributed by atoms with Gasteiger partial charge in [0.1, 0.15) is 11.5 Å². The molecule has 0 bridgehead atoms. The average Bonchev–Trinajstić information content (AvgIpc) is 3.00. The number of rotatable bonds is 10. The maximum absolute atomic E-state index is 13.1. The quantitative estimate of drug-likeness (QED) is 0.192. The summed E-state index contributed by atoms with van der Waals surface area (Å²) >= 11 is 0. The Labute approximate surface area is 259 Å². The van der Waals surface area contributed by atoms with Crippen LogP contribution in [-0.2, 0) is 12.5 Å². The maximum atomic E-state index is 13.1. The fraction of sp³-hybridized carbons (Fsp3) is 0.278. The molecule has 0 saturated heterocycles. The second kappa shape index (κ2) is 13.5. The third-order valence-corrected chi connectivity index (χ3v) is 7.49. The fourth-order valence-corrected chi connectivity index (χ4v) is 4.96. The molecule has 0 aliphatic heterocycles. The molecule has 0 spiro atoms. The van der Waals surface area contributed by atoms with Crippen molar-refractivity contribution in [2.75, 3.05) is 23.7 Å². The zero-order chi connectivity index (χ0) is 32.0. The van der Waals surface area contributed by atoms with Gasteiger partial charge < -0.3 is 20.1 Å². The molecule has 0 saturated carbocycles. The third kappa shape index (κ3) is 7.32. The molecule has 2 amide bonds. The van der Waals surface area contributed by atoms with Gasteiger partial charge in [-0.3, -0.25) is 14.4 Å². The van der Waals surface area contributed by atoms with E-state index in [0.717, 1.165) is 28.7 Å². The van der Waals surface area contributed by atoms with E-state index in [4.69, 9.17) is 0 Å². The normalized spacial score (nSPS) is 11.1. The Morgan fingerprint density at radius 1 is 1.02 bits per heavy atom. The molecule has 2 aromatic carbocycles. The molecule has 44 heavy (non-hydrogen) atoms. The highest BCUT2D eigenvalue weighted by atomic mass is 16.2. The second-order valence-electron chi connectivity index (χ2n) is 11.9. The molecule has 0 unspecified atom stereocenters.